The first-order valence-electron chi connectivity index (χ1n) is 7.55. The SMILES string of the molecule is O=[N+]([O-])c1c(Nc2ccc(C(F)(F)F)cc2)ncnc1N1CCCC1. The highest BCUT2D eigenvalue weighted by atomic mass is 19.4. The van der Waals surface area contributed by atoms with E-state index >= 15 is 0 Å². The Balaban J connectivity index is 1.92. The molecular weight excluding hydrogens is 339 g/mol. The molecule has 1 aromatic carbocycles. The van der Waals surface area contributed by atoms with Gasteiger partial charge in [-0.2, -0.15) is 13.2 Å². The van der Waals surface area contributed by atoms with E-state index in [9.17, 15) is 23.3 Å². The zero-order valence-electron chi connectivity index (χ0n) is 13.0. The number of aromatic nitrogens is 2. The minimum Gasteiger partial charge on any atom is -0.351 e. The molecule has 0 aliphatic carbocycles. The molecule has 132 valence electrons. The van der Waals surface area contributed by atoms with Gasteiger partial charge in [-0.05, 0) is 37.1 Å². The second kappa shape index (κ2) is 6.54. The van der Waals surface area contributed by atoms with Crippen molar-refractivity contribution in [2.24, 2.45) is 0 Å². The molecule has 1 saturated heterocycles. The first-order chi connectivity index (χ1) is 11.9. The number of alkyl halides is 3. The molecule has 2 heterocycles. The maximum atomic E-state index is 12.6. The number of nitrogens with one attached hydrogen (secondary N) is 1. The van der Waals surface area contributed by atoms with E-state index in [-0.39, 0.29) is 23.0 Å². The Morgan fingerprint density at radius 1 is 1.12 bits per heavy atom. The number of nitrogens with zero attached hydrogens (tertiary/aromatic N) is 4. The molecule has 0 amide bonds. The highest BCUT2D eigenvalue weighted by molar-refractivity contribution is 5.74. The average molecular weight is 353 g/mol. The summed E-state index contributed by atoms with van der Waals surface area (Å²) in [4.78, 5) is 20.6. The second-order valence-corrected chi connectivity index (χ2v) is 5.55. The van der Waals surface area contributed by atoms with Gasteiger partial charge >= 0.3 is 11.9 Å². The molecule has 0 saturated carbocycles. The lowest BCUT2D eigenvalue weighted by Gasteiger charge is -2.17. The fourth-order valence-electron chi connectivity index (χ4n) is 2.67. The maximum Gasteiger partial charge on any atom is 0.416 e. The fourth-order valence-corrected chi connectivity index (χ4v) is 2.67. The molecule has 0 atom stereocenters. The van der Waals surface area contributed by atoms with Crippen molar-refractivity contribution in [1.29, 1.82) is 0 Å². The Hall–Kier alpha value is -2.91. The van der Waals surface area contributed by atoms with Crippen LogP contribution in [-0.2, 0) is 6.18 Å². The zero-order chi connectivity index (χ0) is 18.0. The summed E-state index contributed by atoms with van der Waals surface area (Å²) in [5.41, 5.74) is -0.820. The first-order valence-corrected chi connectivity index (χ1v) is 7.55. The van der Waals surface area contributed by atoms with Crippen molar-refractivity contribution in [3.63, 3.8) is 0 Å². The number of halogens is 3. The van der Waals surface area contributed by atoms with Crippen molar-refractivity contribution >= 4 is 23.0 Å². The molecule has 0 unspecified atom stereocenters. The van der Waals surface area contributed by atoms with Crippen LogP contribution in [0.1, 0.15) is 18.4 Å². The van der Waals surface area contributed by atoms with E-state index in [1.807, 2.05) is 0 Å². The molecule has 10 heteroatoms. The minimum atomic E-state index is -4.44. The van der Waals surface area contributed by atoms with Gasteiger partial charge in [-0.15, -0.1) is 0 Å². The third kappa shape index (κ3) is 3.62. The Morgan fingerprint density at radius 3 is 2.32 bits per heavy atom. The molecule has 1 fully saturated rings. The minimum absolute atomic E-state index is 0.0540. The lowest BCUT2D eigenvalue weighted by molar-refractivity contribution is -0.383. The topological polar surface area (TPSA) is 84.2 Å². The first kappa shape index (κ1) is 16.9. The molecule has 0 bridgehead atoms. The number of benzene rings is 1. The van der Waals surface area contributed by atoms with E-state index in [2.05, 4.69) is 15.3 Å². The van der Waals surface area contributed by atoms with Crippen LogP contribution < -0.4 is 10.2 Å². The smallest absolute Gasteiger partial charge is 0.351 e. The summed E-state index contributed by atoms with van der Waals surface area (Å²) in [6, 6.07) is 4.20. The van der Waals surface area contributed by atoms with Crippen LogP contribution >= 0.6 is 0 Å². The summed E-state index contributed by atoms with van der Waals surface area (Å²) in [6.45, 7) is 1.33. The van der Waals surface area contributed by atoms with E-state index in [1.54, 1.807) is 4.90 Å². The Kier molecular flexibility index (Phi) is 4.43. The summed E-state index contributed by atoms with van der Waals surface area (Å²) in [7, 11) is 0. The molecule has 1 N–H and O–H groups in total. The lowest BCUT2D eigenvalue weighted by atomic mass is 10.2. The molecule has 1 aliphatic heterocycles. The van der Waals surface area contributed by atoms with Gasteiger partial charge in [-0.1, -0.05) is 0 Å². The third-order valence-electron chi connectivity index (χ3n) is 3.87. The number of hydrogen-bond acceptors (Lipinski definition) is 6. The van der Waals surface area contributed by atoms with Crippen molar-refractivity contribution in [3.05, 3.63) is 46.3 Å². The predicted molar refractivity (Wildman–Crippen MR) is 84.9 cm³/mol. The van der Waals surface area contributed by atoms with E-state index < -0.39 is 16.7 Å². The van der Waals surface area contributed by atoms with Crippen LogP contribution in [0.25, 0.3) is 0 Å². The van der Waals surface area contributed by atoms with Gasteiger partial charge in [0.15, 0.2) is 0 Å². The van der Waals surface area contributed by atoms with Gasteiger partial charge in [-0.3, -0.25) is 10.1 Å². The zero-order valence-corrected chi connectivity index (χ0v) is 13.0. The molecule has 7 nitrogen and oxygen atoms in total. The summed E-state index contributed by atoms with van der Waals surface area (Å²) in [5, 5.41) is 14.2. The number of anilines is 3. The second-order valence-electron chi connectivity index (χ2n) is 5.55. The molecule has 1 aromatic heterocycles. The Labute approximate surface area is 140 Å². The highest BCUT2D eigenvalue weighted by Gasteiger charge is 2.31. The summed E-state index contributed by atoms with van der Waals surface area (Å²) in [5.74, 6) is 0.161. The van der Waals surface area contributed by atoms with Crippen LogP contribution in [0.15, 0.2) is 30.6 Å². The Morgan fingerprint density at radius 2 is 1.76 bits per heavy atom. The van der Waals surface area contributed by atoms with Gasteiger partial charge < -0.3 is 10.2 Å². The molecule has 1 aliphatic rings. The average Bonchev–Trinajstić information content (AvgIpc) is 3.08. The molecule has 3 rings (SSSR count). The summed E-state index contributed by atoms with van der Waals surface area (Å²) in [6.07, 6.45) is -1.40. The largest absolute Gasteiger partial charge is 0.416 e. The molecule has 0 radical (unpaired) electrons. The molecule has 25 heavy (non-hydrogen) atoms. The molecule has 0 spiro atoms. The maximum absolute atomic E-state index is 12.6. The predicted octanol–water partition coefficient (Wildman–Crippen LogP) is 3.75. The number of rotatable bonds is 4. The van der Waals surface area contributed by atoms with Crippen molar-refractivity contribution < 1.29 is 18.1 Å². The summed E-state index contributed by atoms with van der Waals surface area (Å²) < 4.78 is 37.8. The van der Waals surface area contributed by atoms with E-state index in [4.69, 9.17) is 0 Å². The van der Waals surface area contributed by atoms with Gasteiger partial charge in [0.05, 0.1) is 10.5 Å². The number of hydrogen-bond donors (Lipinski definition) is 1. The van der Waals surface area contributed by atoms with Gasteiger partial charge in [0, 0.05) is 18.8 Å². The van der Waals surface area contributed by atoms with Crippen LogP contribution in [0.4, 0.5) is 36.2 Å². The van der Waals surface area contributed by atoms with Crippen LogP contribution in [0.3, 0.4) is 0 Å². The third-order valence-corrected chi connectivity index (χ3v) is 3.87. The number of nitro groups is 1. The van der Waals surface area contributed by atoms with Crippen LogP contribution in [0.5, 0.6) is 0 Å². The molecule has 2 aromatic rings. The van der Waals surface area contributed by atoms with Crippen molar-refractivity contribution in [2.75, 3.05) is 23.3 Å². The van der Waals surface area contributed by atoms with Crippen LogP contribution in [0, 0.1) is 10.1 Å². The highest BCUT2D eigenvalue weighted by Crippen LogP contribution is 2.35. The fraction of sp³-hybridized carbons (Fsp3) is 0.333. The van der Waals surface area contributed by atoms with Gasteiger partial charge in [-0.25, -0.2) is 9.97 Å². The van der Waals surface area contributed by atoms with Gasteiger partial charge in [0.2, 0.25) is 11.6 Å². The van der Waals surface area contributed by atoms with E-state index in [1.165, 1.54) is 18.5 Å². The lowest BCUT2D eigenvalue weighted by Crippen LogP contribution is -2.21. The van der Waals surface area contributed by atoms with Crippen molar-refractivity contribution in [1.82, 2.24) is 9.97 Å². The van der Waals surface area contributed by atoms with Crippen molar-refractivity contribution in [2.45, 2.75) is 19.0 Å². The standard InChI is InChI=1S/C15H14F3N5O2/c16-15(17,18)10-3-5-11(6-4-10)21-13-12(23(24)25)14(20-9-19-13)22-7-1-2-8-22/h3-6,9H,1-2,7-8H2,(H,19,20,21). The van der Waals surface area contributed by atoms with Crippen molar-refractivity contribution in [3.8, 4) is 0 Å². The Bertz CT molecular complexity index is 774. The van der Waals surface area contributed by atoms with Gasteiger partial charge in [0.25, 0.3) is 0 Å². The summed E-state index contributed by atoms with van der Waals surface area (Å²) >= 11 is 0. The van der Waals surface area contributed by atoms with Gasteiger partial charge in [0.1, 0.15) is 6.33 Å². The van der Waals surface area contributed by atoms with E-state index in [0.29, 0.717) is 13.1 Å². The normalized spacial score (nSPS) is 14.6. The quantitative estimate of drug-likeness (QED) is 0.666. The monoisotopic (exact) mass is 353 g/mol. The van der Waals surface area contributed by atoms with E-state index in [0.717, 1.165) is 25.0 Å². The molecular formula is C15H14F3N5O2. The van der Waals surface area contributed by atoms with Crippen LogP contribution in [0.2, 0.25) is 0 Å². The van der Waals surface area contributed by atoms with Crippen LogP contribution in [-0.4, -0.2) is 28.0 Å².